The van der Waals surface area contributed by atoms with E-state index in [1.807, 2.05) is 76.8 Å². The Morgan fingerprint density at radius 1 is 0.600 bits per heavy atom. The van der Waals surface area contributed by atoms with Gasteiger partial charge < -0.3 is 25.0 Å². The Morgan fingerprint density at radius 2 is 1.17 bits per heavy atom. The number of aryl methyl sites for hydroxylation is 3. The second-order valence-electron chi connectivity index (χ2n) is 9.10. The quantitative estimate of drug-likeness (QED) is 0.277. The first-order valence-electron chi connectivity index (χ1n) is 11.5. The van der Waals surface area contributed by atoms with E-state index in [2.05, 4.69) is 0 Å². The molecule has 0 aliphatic carbocycles. The van der Waals surface area contributed by atoms with Crippen molar-refractivity contribution in [3.05, 3.63) is 94.0 Å². The molecule has 4 aromatic rings. The zero-order valence-corrected chi connectivity index (χ0v) is 21.0. The van der Waals surface area contributed by atoms with Crippen LogP contribution in [0.15, 0.2) is 60.7 Å². The molecular weight excluding hydrogens is 438 g/mol. The average molecular weight is 470 g/mol. The van der Waals surface area contributed by atoms with E-state index in [0.717, 1.165) is 44.9 Å². The molecule has 0 bridgehead atoms. The maximum Gasteiger partial charge on any atom is 0.136 e. The summed E-state index contributed by atoms with van der Waals surface area (Å²) in [4.78, 5) is 2.03. The van der Waals surface area contributed by atoms with E-state index in [1.54, 1.807) is 30.3 Å². The van der Waals surface area contributed by atoms with E-state index in [1.165, 1.54) is 0 Å². The second kappa shape index (κ2) is 9.26. The third-order valence-corrected chi connectivity index (χ3v) is 6.60. The van der Waals surface area contributed by atoms with E-state index in [4.69, 9.17) is 4.74 Å². The molecule has 3 N–H and O–H groups in total. The maximum absolute atomic E-state index is 10.5. The molecular formula is C30H31NO4. The molecule has 0 saturated heterocycles. The molecule has 0 heterocycles. The normalized spacial score (nSPS) is 10.9. The molecule has 35 heavy (non-hydrogen) atoms. The molecule has 0 aromatic heterocycles. The smallest absolute Gasteiger partial charge is 0.136 e. The molecule has 0 saturated carbocycles. The monoisotopic (exact) mass is 469 g/mol. The van der Waals surface area contributed by atoms with E-state index in [9.17, 15) is 15.3 Å². The van der Waals surface area contributed by atoms with E-state index >= 15 is 0 Å². The van der Waals surface area contributed by atoms with Gasteiger partial charge in [-0.15, -0.1) is 0 Å². The number of aromatic hydroxyl groups is 3. The van der Waals surface area contributed by atoms with Crippen molar-refractivity contribution in [2.45, 2.75) is 41.5 Å². The van der Waals surface area contributed by atoms with Gasteiger partial charge in [0.25, 0.3) is 0 Å². The van der Waals surface area contributed by atoms with Crippen molar-refractivity contribution in [1.82, 2.24) is 0 Å². The predicted molar refractivity (Wildman–Crippen MR) is 141 cm³/mol. The molecule has 0 aliphatic rings. The molecule has 4 aromatic carbocycles. The number of ether oxygens (including phenoxy) is 1. The van der Waals surface area contributed by atoms with Crippen LogP contribution in [0.1, 0.15) is 33.4 Å². The van der Waals surface area contributed by atoms with Crippen molar-refractivity contribution in [1.29, 1.82) is 0 Å². The van der Waals surface area contributed by atoms with Gasteiger partial charge in [0, 0.05) is 29.4 Å². The lowest BCUT2D eigenvalue weighted by atomic mass is 10.0. The second-order valence-corrected chi connectivity index (χ2v) is 9.10. The van der Waals surface area contributed by atoms with Crippen molar-refractivity contribution in [2.75, 3.05) is 4.90 Å². The number of anilines is 3. The summed E-state index contributed by atoms with van der Waals surface area (Å²) in [6.45, 7) is 11.7. The van der Waals surface area contributed by atoms with Gasteiger partial charge in [-0.05, 0) is 99.7 Å². The first kappa shape index (κ1) is 24.0. The molecule has 5 heteroatoms. The summed E-state index contributed by atoms with van der Waals surface area (Å²) < 4.78 is 6.25. The topological polar surface area (TPSA) is 73.2 Å². The molecule has 0 amide bonds. The first-order valence-corrected chi connectivity index (χ1v) is 11.5. The van der Waals surface area contributed by atoms with E-state index in [0.29, 0.717) is 17.1 Å². The summed E-state index contributed by atoms with van der Waals surface area (Å²) in [5, 5.41) is 31.1. The predicted octanol–water partition coefficient (Wildman–Crippen LogP) is 7.92. The summed E-state index contributed by atoms with van der Waals surface area (Å²) >= 11 is 0. The minimum Gasteiger partial charge on any atom is -0.508 e. The number of rotatable bonds is 5. The van der Waals surface area contributed by atoms with Gasteiger partial charge in [-0.25, -0.2) is 0 Å². The largest absolute Gasteiger partial charge is 0.508 e. The van der Waals surface area contributed by atoms with Crippen LogP contribution in [-0.4, -0.2) is 15.3 Å². The van der Waals surface area contributed by atoms with Crippen LogP contribution in [0.25, 0.3) is 0 Å². The van der Waals surface area contributed by atoms with Gasteiger partial charge in [-0.3, -0.25) is 0 Å². The zero-order chi connectivity index (χ0) is 25.4. The Kier molecular flexibility index (Phi) is 6.35. The van der Waals surface area contributed by atoms with Crippen LogP contribution in [-0.2, 0) is 0 Å². The minimum absolute atomic E-state index is 0.168. The van der Waals surface area contributed by atoms with Gasteiger partial charge in [0.2, 0.25) is 0 Å². The van der Waals surface area contributed by atoms with Gasteiger partial charge in [-0.2, -0.15) is 0 Å². The highest BCUT2D eigenvalue weighted by Crippen LogP contribution is 2.44. The minimum atomic E-state index is 0.168. The molecule has 4 rings (SSSR count). The van der Waals surface area contributed by atoms with Crippen molar-refractivity contribution < 1.29 is 20.1 Å². The number of hydrogen-bond acceptors (Lipinski definition) is 5. The van der Waals surface area contributed by atoms with Crippen molar-refractivity contribution in [3.63, 3.8) is 0 Å². The van der Waals surface area contributed by atoms with Crippen LogP contribution < -0.4 is 9.64 Å². The van der Waals surface area contributed by atoms with Crippen LogP contribution in [0.4, 0.5) is 17.1 Å². The average Bonchev–Trinajstić information content (AvgIpc) is 2.80. The third-order valence-electron chi connectivity index (χ3n) is 6.60. The Bertz CT molecular complexity index is 1370. The fourth-order valence-corrected chi connectivity index (χ4v) is 4.29. The molecule has 0 atom stereocenters. The molecule has 0 fully saturated rings. The van der Waals surface area contributed by atoms with Gasteiger partial charge in [0.15, 0.2) is 0 Å². The fraction of sp³-hybridized carbons (Fsp3) is 0.200. The first-order chi connectivity index (χ1) is 16.6. The van der Waals surface area contributed by atoms with Crippen LogP contribution in [0, 0.1) is 41.5 Å². The van der Waals surface area contributed by atoms with Crippen LogP contribution in [0.3, 0.4) is 0 Å². The number of phenolic OH excluding ortho intramolecular Hbond substituents is 3. The lowest BCUT2D eigenvalue weighted by Gasteiger charge is -2.30. The summed E-state index contributed by atoms with van der Waals surface area (Å²) in [7, 11) is 0. The SMILES string of the molecule is Cc1cc(O)cc(N(c2cccc(Oc3c(C)ccc(O)c3C)c2)c2cc(O)cc(C)c2C)c1C. The molecule has 180 valence electrons. The number of phenols is 3. The van der Waals surface area contributed by atoms with Crippen LogP contribution in [0.5, 0.6) is 28.7 Å². The van der Waals surface area contributed by atoms with Crippen molar-refractivity contribution in [3.8, 4) is 28.7 Å². The number of nitrogens with zero attached hydrogens (tertiary/aromatic N) is 1. The van der Waals surface area contributed by atoms with E-state index in [-0.39, 0.29) is 17.2 Å². The van der Waals surface area contributed by atoms with Crippen molar-refractivity contribution in [2.24, 2.45) is 0 Å². The molecule has 0 aliphatic heterocycles. The summed E-state index contributed by atoms with van der Waals surface area (Å²) in [6.07, 6.45) is 0. The Hall–Kier alpha value is -4.12. The molecule has 0 spiro atoms. The molecule has 5 nitrogen and oxygen atoms in total. The summed E-state index contributed by atoms with van der Waals surface area (Å²) in [5.74, 6) is 1.73. The van der Waals surface area contributed by atoms with E-state index < -0.39 is 0 Å². The Balaban J connectivity index is 1.92. The molecule has 0 radical (unpaired) electrons. The fourth-order valence-electron chi connectivity index (χ4n) is 4.29. The lowest BCUT2D eigenvalue weighted by molar-refractivity contribution is 0.446. The summed E-state index contributed by atoms with van der Waals surface area (Å²) in [6, 6.07) is 18.1. The highest BCUT2D eigenvalue weighted by Gasteiger charge is 2.21. The van der Waals surface area contributed by atoms with Crippen LogP contribution >= 0.6 is 0 Å². The van der Waals surface area contributed by atoms with Gasteiger partial charge in [0.1, 0.15) is 28.7 Å². The zero-order valence-electron chi connectivity index (χ0n) is 21.0. The maximum atomic E-state index is 10.5. The standard InChI is InChI=1S/C30H31NO4/c1-17-10-11-29(34)22(6)30(17)35-26-9-7-8-23(14-26)31(27-15-24(32)12-18(2)20(27)4)28-16-25(33)13-19(3)21(28)5/h7-16,32-34H,1-6H3. The van der Waals surface area contributed by atoms with Gasteiger partial charge in [0.05, 0.1) is 11.4 Å². The lowest BCUT2D eigenvalue weighted by Crippen LogP contribution is -2.14. The highest BCUT2D eigenvalue weighted by molar-refractivity contribution is 5.83. The van der Waals surface area contributed by atoms with Crippen LogP contribution in [0.2, 0.25) is 0 Å². The van der Waals surface area contributed by atoms with Gasteiger partial charge in [-0.1, -0.05) is 12.1 Å². The molecule has 0 unspecified atom stereocenters. The van der Waals surface area contributed by atoms with Crippen molar-refractivity contribution >= 4 is 17.1 Å². The number of benzene rings is 4. The highest BCUT2D eigenvalue weighted by atomic mass is 16.5. The Morgan fingerprint density at radius 3 is 1.74 bits per heavy atom. The number of hydrogen-bond donors (Lipinski definition) is 3. The third kappa shape index (κ3) is 4.62. The summed E-state index contributed by atoms with van der Waals surface area (Å²) in [5.41, 5.74) is 7.93. The van der Waals surface area contributed by atoms with Gasteiger partial charge >= 0.3 is 0 Å². The Labute approximate surface area is 206 Å².